The van der Waals surface area contributed by atoms with Crippen molar-refractivity contribution >= 4 is 0 Å². The zero-order valence-electron chi connectivity index (χ0n) is 10.5. The van der Waals surface area contributed by atoms with E-state index in [0.29, 0.717) is 0 Å². The van der Waals surface area contributed by atoms with Crippen LogP contribution in [-0.2, 0) is 0 Å². The van der Waals surface area contributed by atoms with Gasteiger partial charge in [0.2, 0.25) is 0 Å². The third-order valence-corrected chi connectivity index (χ3v) is 2.62. The molecule has 0 saturated carbocycles. The molecule has 0 amide bonds. The van der Waals surface area contributed by atoms with Gasteiger partial charge < -0.3 is 10.4 Å². The van der Waals surface area contributed by atoms with Crippen LogP contribution in [0.25, 0.3) is 0 Å². The fourth-order valence-corrected chi connectivity index (χ4v) is 1.64. The minimum absolute atomic E-state index is 0.222. The lowest BCUT2D eigenvalue weighted by atomic mass is 10.1. The predicted molar refractivity (Wildman–Crippen MR) is 64.2 cm³/mol. The molecule has 2 N–H and O–H groups in total. The smallest absolute Gasteiger partial charge is 0.125 e. The lowest BCUT2D eigenvalue weighted by Crippen LogP contribution is -2.23. The largest absolute Gasteiger partial charge is 0.393 e. The Bertz CT molecular complexity index is 339. The van der Waals surface area contributed by atoms with Gasteiger partial charge in [0.05, 0.1) is 6.10 Å². The fourth-order valence-electron chi connectivity index (χ4n) is 1.64. The molecule has 1 aromatic heterocycles. The van der Waals surface area contributed by atoms with Crippen LogP contribution in [0.3, 0.4) is 0 Å². The van der Waals surface area contributed by atoms with Crippen LogP contribution in [0.2, 0.25) is 0 Å². The first-order chi connectivity index (χ1) is 7.50. The van der Waals surface area contributed by atoms with Gasteiger partial charge >= 0.3 is 0 Å². The van der Waals surface area contributed by atoms with Crippen LogP contribution >= 0.6 is 0 Å². The van der Waals surface area contributed by atoms with Crippen molar-refractivity contribution in [3.8, 4) is 0 Å². The van der Waals surface area contributed by atoms with Crippen molar-refractivity contribution in [1.29, 1.82) is 0 Å². The van der Waals surface area contributed by atoms with Crippen LogP contribution in [0.15, 0.2) is 6.20 Å². The van der Waals surface area contributed by atoms with Crippen LogP contribution in [0.4, 0.5) is 0 Å². The van der Waals surface area contributed by atoms with Crippen molar-refractivity contribution in [3.05, 3.63) is 23.3 Å². The minimum atomic E-state index is -0.255. The molecule has 2 unspecified atom stereocenters. The average molecular weight is 223 g/mol. The standard InChI is InChI=1S/C12H21N3O/c1-8(16)5-6-13-9(2)12-7-14-11(4)15-10(12)3/h7-9,13,16H,5-6H2,1-4H3. The lowest BCUT2D eigenvalue weighted by Gasteiger charge is -2.16. The van der Waals surface area contributed by atoms with E-state index in [4.69, 9.17) is 5.11 Å². The monoisotopic (exact) mass is 223 g/mol. The molecule has 4 heteroatoms. The molecule has 1 rings (SSSR count). The maximum absolute atomic E-state index is 9.16. The molecule has 0 bridgehead atoms. The topological polar surface area (TPSA) is 58.0 Å². The molecule has 0 aliphatic carbocycles. The molecule has 90 valence electrons. The summed E-state index contributed by atoms with van der Waals surface area (Å²) in [5.74, 6) is 0.803. The van der Waals surface area contributed by atoms with E-state index >= 15 is 0 Å². The van der Waals surface area contributed by atoms with Gasteiger partial charge in [-0.2, -0.15) is 0 Å². The van der Waals surface area contributed by atoms with Crippen molar-refractivity contribution in [2.24, 2.45) is 0 Å². The molecular weight excluding hydrogens is 202 g/mol. The Hall–Kier alpha value is -1.00. The van der Waals surface area contributed by atoms with Crippen LogP contribution in [0, 0.1) is 13.8 Å². The summed E-state index contributed by atoms with van der Waals surface area (Å²) < 4.78 is 0. The van der Waals surface area contributed by atoms with Crippen molar-refractivity contribution in [1.82, 2.24) is 15.3 Å². The molecule has 0 spiro atoms. The van der Waals surface area contributed by atoms with E-state index in [2.05, 4.69) is 22.2 Å². The summed E-state index contributed by atoms with van der Waals surface area (Å²) in [5.41, 5.74) is 2.14. The van der Waals surface area contributed by atoms with Crippen LogP contribution < -0.4 is 5.32 Å². The van der Waals surface area contributed by atoms with Gasteiger partial charge in [0.1, 0.15) is 5.82 Å². The number of aromatic nitrogens is 2. The lowest BCUT2D eigenvalue weighted by molar-refractivity contribution is 0.182. The summed E-state index contributed by atoms with van der Waals surface area (Å²) in [7, 11) is 0. The number of aliphatic hydroxyl groups excluding tert-OH is 1. The van der Waals surface area contributed by atoms with E-state index < -0.39 is 0 Å². The third-order valence-electron chi connectivity index (χ3n) is 2.62. The summed E-state index contributed by atoms with van der Waals surface area (Å²) in [6.45, 7) is 8.57. The van der Waals surface area contributed by atoms with Crippen molar-refractivity contribution < 1.29 is 5.11 Å². The van der Waals surface area contributed by atoms with E-state index in [-0.39, 0.29) is 12.1 Å². The Kier molecular flexibility index (Phi) is 4.83. The Labute approximate surface area is 97.1 Å². The summed E-state index contributed by atoms with van der Waals surface area (Å²) in [5, 5.41) is 12.5. The summed E-state index contributed by atoms with van der Waals surface area (Å²) in [6, 6.07) is 0.222. The van der Waals surface area contributed by atoms with E-state index in [1.807, 2.05) is 20.0 Å². The molecule has 0 fully saturated rings. The van der Waals surface area contributed by atoms with Gasteiger partial charge in [0.15, 0.2) is 0 Å². The number of hydrogen-bond acceptors (Lipinski definition) is 4. The Morgan fingerprint density at radius 1 is 1.38 bits per heavy atom. The Balaban J connectivity index is 2.55. The SMILES string of the molecule is Cc1ncc(C(C)NCCC(C)O)c(C)n1. The average Bonchev–Trinajstić information content (AvgIpc) is 2.16. The van der Waals surface area contributed by atoms with Gasteiger partial charge in [-0.3, -0.25) is 0 Å². The highest BCUT2D eigenvalue weighted by Crippen LogP contribution is 2.14. The van der Waals surface area contributed by atoms with Crippen LogP contribution in [0.5, 0.6) is 0 Å². The first-order valence-electron chi connectivity index (χ1n) is 5.72. The van der Waals surface area contributed by atoms with Crippen molar-refractivity contribution in [2.75, 3.05) is 6.54 Å². The number of rotatable bonds is 5. The maximum atomic E-state index is 9.16. The number of nitrogens with one attached hydrogen (secondary N) is 1. The predicted octanol–water partition coefficient (Wildman–Crippen LogP) is 1.51. The first-order valence-corrected chi connectivity index (χ1v) is 5.72. The maximum Gasteiger partial charge on any atom is 0.125 e. The van der Waals surface area contributed by atoms with Gasteiger partial charge in [-0.05, 0) is 40.7 Å². The zero-order chi connectivity index (χ0) is 12.1. The molecule has 0 aliphatic heterocycles. The highest BCUT2D eigenvalue weighted by Gasteiger charge is 2.09. The highest BCUT2D eigenvalue weighted by molar-refractivity contribution is 5.19. The van der Waals surface area contributed by atoms with Crippen molar-refractivity contribution in [2.45, 2.75) is 46.3 Å². The summed E-state index contributed by atoms with van der Waals surface area (Å²) in [4.78, 5) is 8.54. The molecule has 4 nitrogen and oxygen atoms in total. The number of nitrogens with zero attached hydrogens (tertiary/aromatic N) is 2. The summed E-state index contributed by atoms with van der Waals surface area (Å²) >= 11 is 0. The number of aryl methyl sites for hydroxylation is 2. The molecule has 2 atom stereocenters. The number of hydrogen-bond donors (Lipinski definition) is 2. The van der Waals surface area contributed by atoms with E-state index in [0.717, 1.165) is 30.0 Å². The van der Waals surface area contributed by atoms with E-state index in [1.165, 1.54) is 0 Å². The molecule has 1 aromatic rings. The third kappa shape index (κ3) is 3.87. The van der Waals surface area contributed by atoms with Gasteiger partial charge in [0.25, 0.3) is 0 Å². The Morgan fingerprint density at radius 2 is 2.06 bits per heavy atom. The molecule has 16 heavy (non-hydrogen) atoms. The first kappa shape index (κ1) is 13.1. The van der Waals surface area contributed by atoms with Gasteiger partial charge in [-0.1, -0.05) is 0 Å². The van der Waals surface area contributed by atoms with Gasteiger partial charge in [-0.25, -0.2) is 9.97 Å². The molecule has 0 saturated heterocycles. The molecular formula is C12H21N3O. The van der Waals surface area contributed by atoms with E-state index in [1.54, 1.807) is 6.92 Å². The van der Waals surface area contributed by atoms with Gasteiger partial charge in [-0.15, -0.1) is 0 Å². The molecule has 0 aromatic carbocycles. The quantitative estimate of drug-likeness (QED) is 0.794. The summed E-state index contributed by atoms with van der Waals surface area (Å²) in [6.07, 6.45) is 2.38. The van der Waals surface area contributed by atoms with E-state index in [9.17, 15) is 0 Å². The minimum Gasteiger partial charge on any atom is -0.393 e. The van der Waals surface area contributed by atoms with Crippen LogP contribution in [-0.4, -0.2) is 27.7 Å². The van der Waals surface area contributed by atoms with Crippen molar-refractivity contribution in [3.63, 3.8) is 0 Å². The molecule has 0 aliphatic rings. The molecule has 1 heterocycles. The molecule has 0 radical (unpaired) electrons. The Morgan fingerprint density at radius 3 is 2.62 bits per heavy atom. The highest BCUT2D eigenvalue weighted by atomic mass is 16.3. The van der Waals surface area contributed by atoms with Gasteiger partial charge in [0, 0.05) is 23.5 Å². The zero-order valence-corrected chi connectivity index (χ0v) is 10.5. The second-order valence-corrected chi connectivity index (χ2v) is 4.27. The fraction of sp³-hybridized carbons (Fsp3) is 0.667. The second-order valence-electron chi connectivity index (χ2n) is 4.27. The normalized spacial score (nSPS) is 14.8. The van der Waals surface area contributed by atoms with Crippen LogP contribution in [0.1, 0.15) is 43.4 Å². The second kappa shape index (κ2) is 5.92. The number of aliphatic hydroxyl groups is 1.